The third-order valence-corrected chi connectivity index (χ3v) is 20.3. The van der Waals surface area contributed by atoms with Crippen molar-refractivity contribution in [1.82, 2.24) is 0 Å². The van der Waals surface area contributed by atoms with E-state index in [0.29, 0.717) is 31.6 Å². The first kappa shape index (κ1) is 96.1. The molecule has 0 aromatic rings. The molecule has 0 aliphatic heterocycles. The molecule has 0 spiro atoms. The standard InChI is InChI=1S/C79H154O17P2/c1-8-9-10-11-12-13-14-15-16-17-18-19-20-21-22-23-24-27-34-39-48-55-62-78(83)95-74(66-89-76(81)60-53-46-38-33-28-25-26-31-36-43-50-57-70(2)3)68-93-97(85,86)91-64-73(80)65-92-98(87,88)94-69-75(67-90-77(82)61-54-47-42-41-45-52-59-72(6)7)96-79(84)63-56-49-40-35-30-29-32-37-44-51-58-71(4)5/h70-75,80H,8-69H2,1-7H3,(H,85,86)(H,87,88)/t73-,74-,75-/m1/s1. The van der Waals surface area contributed by atoms with E-state index in [9.17, 15) is 43.2 Å². The van der Waals surface area contributed by atoms with Crippen molar-refractivity contribution in [2.45, 2.75) is 426 Å². The molecule has 0 rings (SSSR count). The topological polar surface area (TPSA) is 237 Å². The van der Waals surface area contributed by atoms with E-state index >= 15 is 0 Å². The Morgan fingerprint density at radius 3 is 0.694 bits per heavy atom. The maximum Gasteiger partial charge on any atom is 0.472 e. The van der Waals surface area contributed by atoms with Crippen LogP contribution in [0.3, 0.4) is 0 Å². The minimum absolute atomic E-state index is 0.105. The summed E-state index contributed by atoms with van der Waals surface area (Å²) >= 11 is 0. The largest absolute Gasteiger partial charge is 0.472 e. The van der Waals surface area contributed by atoms with E-state index in [1.165, 1.54) is 212 Å². The zero-order valence-electron chi connectivity index (χ0n) is 64.3. The van der Waals surface area contributed by atoms with Crippen molar-refractivity contribution >= 4 is 39.5 Å². The number of carbonyl (C=O) groups is 4. The van der Waals surface area contributed by atoms with Crippen molar-refractivity contribution in [2.24, 2.45) is 17.8 Å². The molecule has 0 radical (unpaired) electrons. The minimum Gasteiger partial charge on any atom is -0.462 e. The first-order valence-corrected chi connectivity index (χ1v) is 43.8. The van der Waals surface area contributed by atoms with Gasteiger partial charge in [0, 0.05) is 25.7 Å². The second kappa shape index (κ2) is 69.4. The summed E-state index contributed by atoms with van der Waals surface area (Å²) < 4.78 is 68.6. The number of phosphoric acid groups is 2. The van der Waals surface area contributed by atoms with Gasteiger partial charge in [0.25, 0.3) is 0 Å². The van der Waals surface area contributed by atoms with E-state index in [0.717, 1.165) is 108 Å². The van der Waals surface area contributed by atoms with Crippen LogP contribution >= 0.6 is 15.6 Å². The van der Waals surface area contributed by atoms with Crippen LogP contribution < -0.4 is 0 Å². The van der Waals surface area contributed by atoms with Gasteiger partial charge in [0.2, 0.25) is 0 Å². The van der Waals surface area contributed by atoms with E-state index < -0.39 is 97.5 Å². The van der Waals surface area contributed by atoms with Gasteiger partial charge in [0.05, 0.1) is 26.4 Å². The molecule has 0 aliphatic carbocycles. The van der Waals surface area contributed by atoms with Crippen molar-refractivity contribution in [2.75, 3.05) is 39.6 Å². The summed E-state index contributed by atoms with van der Waals surface area (Å²) in [7, 11) is -9.92. The van der Waals surface area contributed by atoms with Crippen molar-refractivity contribution < 1.29 is 80.2 Å². The molecule has 0 saturated heterocycles. The van der Waals surface area contributed by atoms with Crippen LogP contribution in [0.4, 0.5) is 0 Å². The lowest BCUT2D eigenvalue weighted by molar-refractivity contribution is -0.161. The van der Waals surface area contributed by atoms with Crippen LogP contribution in [0.1, 0.15) is 408 Å². The average molecular weight is 1440 g/mol. The average Bonchev–Trinajstić information content (AvgIpc) is 0.930. The molecule has 2 unspecified atom stereocenters. The minimum atomic E-state index is -4.96. The van der Waals surface area contributed by atoms with Gasteiger partial charge in [-0.15, -0.1) is 0 Å². The molecule has 0 aliphatic rings. The van der Waals surface area contributed by atoms with Crippen molar-refractivity contribution in [1.29, 1.82) is 0 Å². The number of phosphoric ester groups is 2. The molecule has 98 heavy (non-hydrogen) atoms. The van der Waals surface area contributed by atoms with Crippen LogP contribution in [0, 0.1) is 17.8 Å². The van der Waals surface area contributed by atoms with Crippen molar-refractivity contribution in [3.63, 3.8) is 0 Å². The third kappa shape index (κ3) is 72.4. The molecule has 0 aromatic heterocycles. The second-order valence-electron chi connectivity index (χ2n) is 29.9. The summed E-state index contributed by atoms with van der Waals surface area (Å²) in [6.45, 7) is 11.8. The molecule has 0 heterocycles. The van der Waals surface area contributed by atoms with E-state index in [1.54, 1.807) is 0 Å². The van der Waals surface area contributed by atoms with Gasteiger partial charge in [-0.05, 0) is 43.4 Å². The van der Waals surface area contributed by atoms with Gasteiger partial charge >= 0.3 is 39.5 Å². The molecule has 0 fully saturated rings. The fraction of sp³-hybridized carbons (Fsp3) is 0.949. The zero-order valence-corrected chi connectivity index (χ0v) is 66.0. The number of ether oxygens (including phenoxy) is 4. The maximum atomic E-state index is 13.1. The van der Waals surface area contributed by atoms with Crippen LogP contribution in [-0.2, 0) is 65.4 Å². The molecule has 0 aromatic carbocycles. The Morgan fingerprint density at radius 2 is 0.469 bits per heavy atom. The van der Waals surface area contributed by atoms with E-state index in [-0.39, 0.29) is 25.7 Å². The lowest BCUT2D eigenvalue weighted by Crippen LogP contribution is -2.30. The Bertz CT molecular complexity index is 1900. The monoisotopic (exact) mass is 1440 g/mol. The highest BCUT2D eigenvalue weighted by molar-refractivity contribution is 7.47. The highest BCUT2D eigenvalue weighted by atomic mass is 31.2. The normalized spacial score (nSPS) is 14.0. The number of hydrogen-bond acceptors (Lipinski definition) is 15. The van der Waals surface area contributed by atoms with E-state index in [1.807, 2.05) is 0 Å². The second-order valence-corrected chi connectivity index (χ2v) is 32.8. The van der Waals surface area contributed by atoms with Gasteiger partial charge < -0.3 is 33.8 Å². The quantitative estimate of drug-likeness (QED) is 0.0222. The Balaban J connectivity index is 5.19. The molecule has 17 nitrogen and oxygen atoms in total. The lowest BCUT2D eigenvalue weighted by atomic mass is 10.0. The number of hydrogen-bond donors (Lipinski definition) is 3. The number of unbranched alkanes of at least 4 members (excludes halogenated alkanes) is 45. The summed E-state index contributed by atoms with van der Waals surface area (Å²) in [5.74, 6) is 0.0840. The van der Waals surface area contributed by atoms with Gasteiger partial charge in [-0.1, -0.05) is 357 Å². The molecular formula is C79H154O17P2. The molecule has 0 saturated carbocycles. The number of rotatable bonds is 77. The Kier molecular flexibility index (Phi) is 68.1. The SMILES string of the molecule is CCCCCCCCCCCCCCCCCCCCCCCCC(=O)O[C@H](COC(=O)CCCCCCCCCCCCCC(C)C)COP(=O)(O)OC[C@@H](O)COP(=O)(O)OC[C@@H](COC(=O)CCCCCCCCC(C)C)OC(=O)CCCCCCCCCCCCC(C)C. The molecule has 0 bridgehead atoms. The van der Waals surface area contributed by atoms with Crippen molar-refractivity contribution in [3.05, 3.63) is 0 Å². The molecule has 0 amide bonds. The molecule has 5 atom stereocenters. The molecular weight excluding hydrogens is 1280 g/mol. The number of aliphatic hydroxyl groups is 1. The van der Waals surface area contributed by atoms with E-state index in [2.05, 4.69) is 48.5 Å². The van der Waals surface area contributed by atoms with Gasteiger partial charge in [-0.2, -0.15) is 0 Å². The molecule has 582 valence electrons. The van der Waals surface area contributed by atoms with Gasteiger partial charge in [-0.25, -0.2) is 9.13 Å². The molecule has 19 heteroatoms. The van der Waals surface area contributed by atoms with Crippen LogP contribution in [0.2, 0.25) is 0 Å². The first-order chi connectivity index (χ1) is 47.2. The van der Waals surface area contributed by atoms with Gasteiger partial charge in [0.15, 0.2) is 12.2 Å². The Morgan fingerprint density at radius 1 is 0.276 bits per heavy atom. The third-order valence-electron chi connectivity index (χ3n) is 18.4. The van der Waals surface area contributed by atoms with Gasteiger partial charge in [0.1, 0.15) is 19.3 Å². The van der Waals surface area contributed by atoms with Crippen LogP contribution in [0.5, 0.6) is 0 Å². The predicted molar refractivity (Wildman–Crippen MR) is 400 cm³/mol. The van der Waals surface area contributed by atoms with E-state index in [4.69, 9.17) is 37.0 Å². The lowest BCUT2D eigenvalue weighted by Gasteiger charge is -2.21. The summed E-state index contributed by atoms with van der Waals surface area (Å²) in [4.78, 5) is 72.9. The number of aliphatic hydroxyl groups excluding tert-OH is 1. The fourth-order valence-corrected chi connectivity index (χ4v) is 13.7. The van der Waals surface area contributed by atoms with Crippen LogP contribution in [0.15, 0.2) is 0 Å². The molecule has 3 N–H and O–H groups in total. The summed E-state index contributed by atoms with van der Waals surface area (Å²) in [5, 5.41) is 10.6. The fourth-order valence-electron chi connectivity index (χ4n) is 12.1. The summed E-state index contributed by atoms with van der Waals surface area (Å²) in [6.07, 6.45) is 57.2. The predicted octanol–water partition coefficient (Wildman–Crippen LogP) is 23.4. The number of carbonyl (C=O) groups excluding carboxylic acids is 4. The first-order valence-electron chi connectivity index (χ1n) is 40.8. The smallest absolute Gasteiger partial charge is 0.462 e. The van der Waals surface area contributed by atoms with Crippen LogP contribution in [-0.4, -0.2) is 96.7 Å². The Labute approximate surface area is 600 Å². The number of esters is 4. The summed E-state index contributed by atoms with van der Waals surface area (Å²) in [5.41, 5.74) is 0. The van der Waals surface area contributed by atoms with Crippen LogP contribution in [0.25, 0.3) is 0 Å². The maximum absolute atomic E-state index is 13.1. The highest BCUT2D eigenvalue weighted by Crippen LogP contribution is 2.45. The summed E-state index contributed by atoms with van der Waals surface area (Å²) in [6, 6.07) is 0. The van der Waals surface area contributed by atoms with Crippen molar-refractivity contribution in [3.8, 4) is 0 Å². The highest BCUT2D eigenvalue weighted by Gasteiger charge is 2.30. The van der Waals surface area contributed by atoms with Gasteiger partial charge in [-0.3, -0.25) is 37.3 Å². The Hall–Kier alpha value is -1.94. The zero-order chi connectivity index (χ0) is 72.3.